The van der Waals surface area contributed by atoms with E-state index in [9.17, 15) is 13.2 Å². The summed E-state index contributed by atoms with van der Waals surface area (Å²) in [7, 11) is 0. The fourth-order valence-corrected chi connectivity index (χ4v) is 4.16. The van der Waals surface area contributed by atoms with Gasteiger partial charge in [0.15, 0.2) is 0 Å². The highest BCUT2D eigenvalue weighted by atomic mass is 19.4. The van der Waals surface area contributed by atoms with Gasteiger partial charge in [-0.1, -0.05) is 12.1 Å². The largest absolute Gasteiger partial charge is 0.522 e. The Hall–Kier alpha value is -3.20. The predicted molar refractivity (Wildman–Crippen MR) is 111 cm³/mol. The Morgan fingerprint density at radius 3 is 2.71 bits per heavy atom. The van der Waals surface area contributed by atoms with E-state index in [1.165, 1.54) is 0 Å². The second-order valence-electron chi connectivity index (χ2n) is 7.75. The van der Waals surface area contributed by atoms with Crippen molar-refractivity contribution in [1.82, 2.24) is 19.9 Å². The first kappa shape index (κ1) is 19.7. The van der Waals surface area contributed by atoms with E-state index in [2.05, 4.69) is 36.1 Å². The number of nitrogens with zero attached hydrogens (tertiary/aromatic N) is 3. The van der Waals surface area contributed by atoms with Crippen LogP contribution in [0.2, 0.25) is 0 Å². The van der Waals surface area contributed by atoms with Crippen LogP contribution in [0.3, 0.4) is 0 Å². The van der Waals surface area contributed by atoms with Crippen LogP contribution in [0.25, 0.3) is 33.1 Å². The average molecular weight is 427 g/mol. The minimum Gasteiger partial charge on any atom is -0.351 e. The Balaban J connectivity index is 1.30. The zero-order valence-corrected chi connectivity index (χ0v) is 16.5. The molecule has 5 rings (SSSR count). The first-order valence-electron chi connectivity index (χ1n) is 10.1. The maximum atomic E-state index is 12.4. The lowest BCUT2D eigenvalue weighted by Crippen LogP contribution is -2.33. The number of hydrogen-bond acceptors (Lipinski definition) is 5. The van der Waals surface area contributed by atoms with Crippen molar-refractivity contribution >= 4 is 27.9 Å². The number of pyridine rings is 1. The van der Waals surface area contributed by atoms with Crippen LogP contribution in [-0.4, -0.2) is 38.4 Å². The van der Waals surface area contributed by atoms with Gasteiger partial charge in [0.1, 0.15) is 5.65 Å². The highest BCUT2D eigenvalue weighted by Crippen LogP contribution is 2.31. The molecular weight excluding hydrogens is 407 g/mol. The summed E-state index contributed by atoms with van der Waals surface area (Å²) in [6.07, 6.45) is 1.93. The third kappa shape index (κ3) is 4.32. The molecule has 4 aromatic rings. The second-order valence-corrected chi connectivity index (χ2v) is 7.75. The number of alkyl halides is 3. The molecule has 3 aromatic heterocycles. The Labute approximate surface area is 175 Å². The van der Waals surface area contributed by atoms with Crippen molar-refractivity contribution < 1.29 is 17.9 Å². The van der Waals surface area contributed by atoms with E-state index in [0.29, 0.717) is 37.3 Å². The summed E-state index contributed by atoms with van der Waals surface area (Å²) >= 11 is 0. The summed E-state index contributed by atoms with van der Waals surface area (Å²) in [5.74, 6) is 0.462. The van der Waals surface area contributed by atoms with Crippen molar-refractivity contribution in [3.63, 3.8) is 0 Å². The van der Waals surface area contributed by atoms with Gasteiger partial charge in [0.2, 0.25) is 5.95 Å². The smallest absolute Gasteiger partial charge is 0.351 e. The fraction of sp³-hybridized carbons (Fsp3) is 0.318. The number of nitrogens with one attached hydrogen (secondary N) is 2. The first-order chi connectivity index (χ1) is 14.9. The minimum atomic E-state index is -4.58. The molecule has 2 N–H and O–H groups in total. The van der Waals surface area contributed by atoms with Crippen LogP contribution in [0.5, 0.6) is 0 Å². The fourth-order valence-electron chi connectivity index (χ4n) is 4.16. The van der Waals surface area contributed by atoms with Crippen LogP contribution in [0.15, 0.2) is 48.9 Å². The van der Waals surface area contributed by atoms with Crippen LogP contribution in [0.1, 0.15) is 25.7 Å². The van der Waals surface area contributed by atoms with Gasteiger partial charge in [-0.05, 0) is 49.4 Å². The number of H-pyrrole nitrogens is 1. The molecule has 0 aliphatic heterocycles. The molecule has 1 aliphatic rings. The van der Waals surface area contributed by atoms with Crippen molar-refractivity contribution in [3.05, 3.63) is 48.9 Å². The monoisotopic (exact) mass is 427 g/mol. The molecule has 0 unspecified atom stereocenters. The third-order valence-electron chi connectivity index (χ3n) is 5.65. The minimum absolute atomic E-state index is 0.0213. The van der Waals surface area contributed by atoms with E-state index in [4.69, 9.17) is 0 Å². The van der Waals surface area contributed by atoms with Crippen LogP contribution in [0, 0.1) is 0 Å². The predicted octanol–water partition coefficient (Wildman–Crippen LogP) is 5.43. The summed E-state index contributed by atoms with van der Waals surface area (Å²) in [6.45, 7) is 0. The van der Waals surface area contributed by atoms with Gasteiger partial charge < -0.3 is 10.3 Å². The topological polar surface area (TPSA) is 75.7 Å². The molecule has 0 bridgehead atoms. The summed E-state index contributed by atoms with van der Waals surface area (Å²) in [6, 6.07) is 10.0. The third-order valence-corrected chi connectivity index (χ3v) is 5.65. The number of aromatic amines is 1. The summed E-state index contributed by atoms with van der Waals surface area (Å²) in [5.41, 5.74) is 3.67. The maximum absolute atomic E-state index is 12.4. The molecule has 0 atom stereocenters. The second kappa shape index (κ2) is 7.81. The molecule has 0 radical (unpaired) electrons. The molecule has 3 heterocycles. The zero-order chi connectivity index (χ0) is 21.4. The normalized spacial score (nSPS) is 19.7. The number of anilines is 1. The van der Waals surface area contributed by atoms with Crippen molar-refractivity contribution in [2.45, 2.75) is 44.2 Å². The standard InChI is InChI=1S/C22H20F3N5O/c23-22(24,25)31-16-6-4-15(5-7-16)29-21-28-12-18-17(11-27-20(18)30-21)13-3-8-19-14(10-13)2-1-9-26-19/h1-3,8-12,15-16H,4-7H2,(H2,27,28,29,30)/t15-,16+. The lowest BCUT2D eigenvalue weighted by Gasteiger charge is -2.29. The molecule has 160 valence electrons. The molecule has 6 nitrogen and oxygen atoms in total. The lowest BCUT2D eigenvalue weighted by atomic mass is 9.93. The summed E-state index contributed by atoms with van der Waals surface area (Å²) in [5, 5.41) is 5.20. The number of fused-ring (bicyclic) bond motifs is 2. The van der Waals surface area contributed by atoms with Crippen molar-refractivity contribution in [3.8, 4) is 11.1 Å². The van der Waals surface area contributed by atoms with Crippen LogP contribution in [-0.2, 0) is 4.74 Å². The Kier molecular flexibility index (Phi) is 4.97. The molecule has 31 heavy (non-hydrogen) atoms. The molecule has 0 saturated heterocycles. The van der Waals surface area contributed by atoms with Gasteiger partial charge in [-0.2, -0.15) is 4.98 Å². The van der Waals surface area contributed by atoms with Gasteiger partial charge in [-0.3, -0.25) is 9.72 Å². The van der Waals surface area contributed by atoms with Gasteiger partial charge in [0.05, 0.1) is 11.6 Å². The van der Waals surface area contributed by atoms with E-state index in [1.807, 2.05) is 30.5 Å². The SMILES string of the molecule is FC(F)(F)O[C@H]1CC[C@@H](Nc2ncc3c(-c4ccc5ncccc5c4)c[nH]c3n2)CC1. The first-order valence-corrected chi connectivity index (χ1v) is 10.1. The van der Waals surface area contributed by atoms with E-state index in [-0.39, 0.29) is 6.04 Å². The van der Waals surface area contributed by atoms with E-state index in [0.717, 1.165) is 27.4 Å². The van der Waals surface area contributed by atoms with Crippen molar-refractivity contribution in [2.75, 3.05) is 5.32 Å². The van der Waals surface area contributed by atoms with Gasteiger partial charge >= 0.3 is 6.36 Å². The van der Waals surface area contributed by atoms with Crippen molar-refractivity contribution in [2.24, 2.45) is 0 Å². The quantitative estimate of drug-likeness (QED) is 0.454. The number of benzene rings is 1. The average Bonchev–Trinajstić information content (AvgIpc) is 3.17. The van der Waals surface area contributed by atoms with Gasteiger partial charge in [0.25, 0.3) is 0 Å². The summed E-state index contributed by atoms with van der Waals surface area (Å²) in [4.78, 5) is 16.5. The van der Waals surface area contributed by atoms with Crippen LogP contribution in [0.4, 0.5) is 19.1 Å². The van der Waals surface area contributed by atoms with E-state index < -0.39 is 12.5 Å². The molecule has 1 aliphatic carbocycles. The highest BCUT2D eigenvalue weighted by molar-refractivity contribution is 5.96. The highest BCUT2D eigenvalue weighted by Gasteiger charge is 2.35. The number of rotatable bonds is 4. The Morgan fingerprint density at radius 2 is 1.90 bits per heavy atom. The lowest BCUT2D eigenvalue weighted by molar-refractivity contribution is -0.345. The van der Waals surface area contributed by atoms with Gasteiger partial charge in [-0.25, -0.2) is 4.98 Å². The number of aromatic nitrogens is 4. The number of hydrogen-bond donors (Lipinski definition) is 2. The molecule has 9 heteroatoms. The molecule has 0 spiro atoms. The number of halogens is 3. The Morgan fingerprint density at radius 1 is 1.06 bits per heavy atom. The summed E-state index contributed by atoms with van der Waals surface area (Å²) < 4.78 is 41.2. The van der Waals surface area contributed by atoms with Crippen LogP contribution < -0.4 is 5.32 Å². The number of ether oxygens (including phenoxy) is 1. The molecule has 1 aromatic carbocycles. The van der Waals surface area contributed by atoms with Crippen LogP contribution >= 0.6 is 0 Å². The molecule has 1 saturated carbocycles. The van der Waals surface area contributed by atoms with Crippen molar-refractivity contribution in [1.29, 1.82) is 0 Å². The van der Waals surface area contributed by atoms with E-state index >= 15 is 0 Å². The van der Waals surface area contributed by atoms with E-state index in [1.54, 1.807) is 12.4 Å². The van der Waals surface area contributed by atoms with Gasteiger partial charge in [0, 0.05) is 41.0 Å². The zero-order valence-electron chi connectivity index (χ0n) is 16.5. The maximum Gasteiger partial charge on any atom is 0.522 e. The molecule has 1 fully saturated rings. The molecular formula is C22H20F3N5O. The Bertz CT molecular complexity index is 1210. The molecule has 0 amide bonds. The van der Waals surface area contributed by atoms with Gasteiger partial charge in [-0.15, -0.1) is 13.2 Å².